The van der Waals surface area contributed by atoms with E-state index in [0.29, 0.717) is 5.04 Å². The predicted octanol–water partition coefficient (Wildman–Crippen LogP) is 4.14. The second-order valence-corrected chi connectivity index (χ2v) is 18.0. The zero-order valence-electron chi connectivity index (χ0n) is 11.9. The number of allylic oxidation sites excluding steroid dienone is 3. The fraction of sp³-hybridized carbons (Fsp3) is 0.692. The van der Waals surface area contributed by atoms with Crippen molar-refractivity contribution in [3.05, 3.63) is 23.0 Å². The molecule has 1 aliphatic rings. The largest absolute Gasteiger partial charge is 0.399 e. The van der Waals surface area contributed by atoms with Gasteiger partial charge in [0.25, 0.3) is 0 Å². The highest BCUT2D eigenvalue weighted by atomic mass is 28.3. The number of hydrogen-bond acceptors (Lipinski definition) is 1. The minimum atomic E-state index is -1.30. The van der Waals surface area contributed by atoms with E-state index in [4.69, 9.17) is 5.73 Å². The minimum absolute atomic E-state index is 0.380. The van der Waals surface area contributed by atoms with E-state index in [1.807, 2.05) is 0 Å². The molecule has 0 bridgehead atoms. The molecule has 0 saturated carbocycles. The molecule has 1 nitrogen and oxygen atoms in total. The van der Waals surface area contributed by atoms with Crippen molar-refractivity contribution in [2.24, 2.45) is 5.73 Å². The molecule has 1 atom stereocenters. The summed E-state index contributed by atoms with van der Waals surface area (Å²) in [5.41, 5.74) is 7.22. The maximum absolute atomic E-state index is 6.17. The molecule has 0 aromatic carbocycles. The lowest BCUT2D eigenvalue weighted by Gasteiger charge is -2.42. The third-order valence-corrected chi connectivity index (χ3v) is 9.87. The molecule has 92 valence electrons. The lowest BCUT2D eigenvalue weighted by molar-refractivity contribution is 0.715. The Morgan fingerprint density at radius 1 is 1.12 bits per heavy atom. The molecular formula is C13H27NSi2. The maximum Gasteiger partial charge on any atom is 0.0798 e. The molecule has 0 heterocycles. The van der Waals surface area contributed by atoms with Crippen molar-refractivity contribution in [3.8, 4) is 0 Å². The molecule has 1 aliphatic carbocycles. The Labute approximate surface area is 103 Å². The first-order valence-electron chi connectivity index (χ1n) is 6.17. The molecule has 16 heavy (non-hydrogen) atoms. The van der Waals surface area contributed by atoms with Crippen molar-refractivity contribution in [1.29, 1.82) is 0 Å². The van der Waals surface area contributed by atoms with Gasteiger partial charge in [-0.25, -0.2) is 0 Å². The van der Waals surface area contributed by atoms with Gasteiger partial charge in [-0.1, -0.05) is 58.4 Å². The maximum atomic E-state index is 6.17. The number of nitrogens with two attached hydrogens (primary N) is 1. The van der Waals surface area contributed by atoms with E-state index in [1.165, 1.54) is 5.20 Å². The lowest BCUT2D eigenvalue weighted by atomic mass is 10.00. The van der Waals surface area contributed by atoms with Gasteiger partial charge >= 0.3 is 0 Å². The van der Waals surface area contributed by atoms with Crippen LogP contribution in [0.4, 0.5) is 0 Å². The summed E-state index contributed by atoms with van der Waals surface area (Å²) in [6.45, 7) is 16.9. The second kappa shape index (κ2) is 3.88. The van der Waals surface area contributed by atoms with E-state index in [1.54, 1.807) is 0 Å². The highest BCUT2D eigenvalue weighted by Crippen LogP contribution is 2.47. The van der Waals surface area contributed by atoms with E-state index in [2.05, 4.69) is 58.4 Å². The van der Waals surface area contributed by atoms with Crippen LogP contribution in [0.5, 0.6) is 0 Å². The topological polar surface area (TPSA) is 26.0 Å². The van der Waals surface area contributed by atoms with Gasteiger partial charge in [0.2, 0.25) is 0 Å². The third-order valence-electron chi connectivity index (χ3n) is 4.04. The summed E-state index contributed by atoms with van der Waals surface area (Å²) in [5.74, 6) is 0. The molecule has 0 saturated heterocycles. The highest BCUT2D eigenvalue weighted by Gasteiger charge is 2.40. The van der Waals surface area contributed by atoms with E-state index >= 15 is 0 Å². The summed E-state index contributed by atoms with van der Waals surface area (Å²) in [7, 11) is -2.48. The SMILES string of the molecule is CC1([Si](C)(C)C)C=C([Si](C)(C)C)C(N)=CC1. The average Bonchev–Trinajstić information content (AvgIpc) is 2.05. The first-order chi connectivity index (χ1) is 6.97. The average molecular weight is 254 g/mol. The standard InChI is InChI=1S/C13H27NSi2/c1-13(16(5,6)7)9-8-11(14)12(10-13)15(2,3)4/h8,10H,9,14H2,1-7H3. The third kappa shape index (κ3) is 2.51. The van der Waals surface area contributed by atoms with Crippen molar-refractivity contribution in [3.63, 3.8) is 0 Å². The smallest absolute Gasteiger partial charge is 0.0798 e. The molecule has 0 fully saturated rings. The minimum Gasteiger partial charge on any atom is -0.399 e. The van der Waals surface area contributed by atoms with Gasteiger partial charge in [0.05, 0.1) is 16.1 Å². The Morgan fingerprint density at radius 3 is 2.00 bits per heavy atom. The first-order valence-corrected chi connectivity index (χ1v) is 13.2. The molecule has 0 spiro atoms. The van der Waals surface area contributed by atoms with Crippen LogP contribution in [0.1, 0.15) is 13.3 Å². The van der Waals surface area contributed by atoms with Crippen LogP contribution in [0.2, 0.25) is 44.3 Å². The van der Waals surface area contributed by atoms with E-state index in [9.17, 15) is 0 Å². The van der Waals surface area contributed by atoms with Crippen LogP contribution < -0.4 is 5.73 Å². The molecule has 0 amide bonds. The predicted molar refractivity (Wildman–Crippen MR) is 80.0 cm³/mol. The Balaban J connectivity index is 3.21. The molecular weight excluding hydrogens is 226 g/mol. The van der Waals surface area contributed by atoms with E-state index < -0.39 is 16.1 Å². The van der Waals surface area contributed by atoms with Crippen LogP contribution in [-0.4, -0.2) is 16.1 Å². The Bertz CT molecular complexity index is 342. The zero-order valence-corrected chi connectivity index (χ0v) is 13.9. The second-order valence-electron chi connectivity index (χ2n) is 7.34. The normalized spacial score (nSPS) is 27.4. The van der Waals surface area contributed by atoms with E-state index in [0.717, 1.165) is 12.1 Å². The van der Waals surface area contributed by atoms with Crippen LogP contribution in [0, 0.1) is 0 Å². The number of hydrogen-bond donors (Lipinski definition) is 1. The lowest BCUT2D eigenvalue weighted by Crippen LogP contribution is -2.40. The Hall–Kier alpha value is -0.286. The van der Waals surface area contributed by atoms with Crippen molar-refractivity contribution < 1.29 is 0 Å². The molecule has 1 rings (SSSR count). The van der Waals surface area contributed by atoms with Gasteiger partial charge in [0, 0.05) is 5.70 Å². The monoisotopic (exact) mass is 253 g/mol. The summed E-state index contributed by atoms with van der Waals surface area (Å²) in [5, 5.41) is 1.86. The van der Waals surface area contributed by atoms with Crippen molar-refractivity contribution in [1.82, 2.24) is 0 Å². The van der Waals surface area contributed by atoms with Crippen molar-refractivity contribution >= 4 is 16.1 Å². The molecule has 0 aliphatic heterocycles. The molecule has 3 heteroatoms. The summed E-state index contributed by atoms with van der Waals surface area (Å²) >= 11 is 0. The van der Waals surface area contributed by atoms with Crippen molar-refractivity contribution in [2.45, 2.75) is 57.7 Å². The molecule has 0 aromatic rings. The van der Waals surface area contributed by atoms with Crippen LogP contribution in [0.15, 0.2) is 23.0 Å². The molecule has 1 unspecified atom stereocenters. The first kappa shape index (κ1) is 13.8. The fourth-order valence-corrected chi connectivity index (χ4v) is 5.22. The summed E-state index contributed by atoms with van der Waals surface area (Å²) in [4.78, 5) is 0. The van der Waals surface area contributed by atoms with Gasteiger partial charge < -0.3 is 5.73 Å². The van der Waals surface area contributed by atoms with Gasteiger partial charge in [-0.2, -0.15) is 0 Å². The van der Waals surface area contributed by atoms with Crippen LogP contribution in [0.3, 0.4) is 0 Å². The van der Waals surface area contributed by atoms with Gasteiger partial charge in [-0.15, -0.1) is 0 Å². The van der Waals surface area contributed by atoms with Crippen LogP contribution in [-0.2, 0) is 0 Å². The van der Waals surface area contributed by atoms with Crippen molar-refractivity contribution in [2.75, 3.05) is 0 Å². The molecule has 2 N–H and O–H groups in total. The quantitative estimate of drug-likeness (QED) is 0.736. The summed E-state index contributed by atoms with van der Waals surface area (Å²) in [6, 6.07) is 0. The highest BCUT2D eigenvalue weighted by molar-refractivity contribution is 6.84. The van der Waals surface area contributed by atoms with Crippen LogP contribution >= 0.6 is 0 Å². The van der Waals surface area contributed by atoms with Gasteiger partial charge in [-0.3, -0.25) is 0 Å². The fourth-order valence-electron chi connectivity index (χ4n) is 2.06. The zero-order chi connectivity index (χ0) is 12.8. The Kier molecular flexibility index (Phi) is 3.34. The molecule has 0 aromatic heterocycles. The van der Waals surface area contributed by atoms with Gasteiger partial charge in [-0.05, 0) is 16.7 Å². The van der Waals surface area contributed by atoms with E-state index in [-0.39, 0.29) is 0 Å². The van der Waals surface area contributed by atoms with Gasteiger partial charge in [0.1, 0.15) is 0 Å². The van der Waals surface area contributed by atoms with Gasteiger partial charge in [0.15, 0.2) is 0 Å². The molecule has 0 radical (unpaired) electrons. The summed E-state index contributed by atoms with van der Waals surface area (Å²) in [6.07, 6.45) is 5.93. The number of rotatable bonds is 2. The Morgan fingerprint density at radius 2 is 1.62 bits per heavy atom. The van der Waals surface area contributed by atoms with Crippen LogP contribution in [0.25, 0.3) is 0 Å². The summed E-state index contributed by atoms with van der Waals surface area (Å²) < 4.78 is 0.